The lowest BCUT2D eigenvalue weighted by Gasteiger charge is -2.29. The van der Waals surface area contributed by atoms with Crippen molar-refractivity contribution < 1.29 is 9.47 Å². The number of hydrogen-bond acceptors (Lipinski definition) is 8. The molecule has 2 fully saturated rings. The third-order valence-electron chi connectivity index (χ3n) is 7.74. The second-order valence-electron chi connectivity index (χ2n) is 10.3. The number of morpholine rings is 1. The van der Waals surface area contributed by atoms with Gasteiger partial charge in [0.2, 0.25) is 0 Å². The Morgan fingerprint density at radius 1 is 0.842 bits per heavy atom. The third-order valence-corrected chi connectivity index (χ3v) is 7.74. The van der Waals surface area contributed by atoms with Gasteiger partial charge in [0, 0.05) is 75.7 Å². The number of ether oxygens (including phenoxy) is 2. The van der Waals surface area contributed by atoms with Gasteiger partial charge in [-0.25, -0.2) is 0 Å². The predicted molar refractivity (Wildman–Crippen MR) is 151 cm³/mol. The fourth-order valence-corrected chi connectivity index (χ4v) is 5.60. The van der Waals surface area contributed by atoms with Crippen LogP contribution in [0.25, 0.3) is 11.3 Å². The highest BCUT2D eigenvalue weighted by atomic mass is 16.5. The molecule has 8 nitrogen and oxygen atoms in total. The Bertz CT molecular complexity index is 1180. The molecule has 0 unspecified atom stereocenters. The highest BCUT2D eigenvalue weighted by molar-refractivity contribution is 5.73. The molecule has 1 N–H and O–H groups in total. The van der Waals surface area contributed by atoms with Crippen LogP contribution in [0.4, 0.5) is 11.5 Å². The lowest BCUT2D eigenvalue weighted by Crippen LogP contribution is -2.43. The molecule has 200 valence electrons. The van der Waals surface area contributed by atoms with Crippen LogP contribution in [0.15, 0.2) is 54.6 Å². The molecule has 2 saturated heterocycles. The molecule has 0 radical (unpaired) electrons. The molecule has 6 rings (SSSR count). The van der Waals surface area contributed by atoms with Gasteiger partial charge in [-0.1, -0.05) is 42.5 Å². The summed E-state index contributed by atoms with van der Waals surface area (Å²) in [4.78, 5) is 17.3. The standard InChI is InChI=1S/C30H38N6O2/c1-2-5-24(6-3-1)23-38-30-32-28(25-7-9-26(10-8-25)35-17-12-31-13-18-35)27-11-16-36(29(27)33-30)15-4-14-34-19-21-37-22-20-34/h1-3,5-10,31H,4,11-23H2. The van der Waals surface area contributed by atoms with Crippen molar-refractivity contribution in [1.82, 2.24) is 20.2 Å². The topological polar surface area (TPSA) is 66.0 Å². The number of anilines is 2. The Morgan fingerprint density at radius 2 is 1.63 bits per heavy atom. The highest BCUT2D eigenvalue weighted by Gasteiger charge is 2.27. The van der Waals surface area contributed by atoms with Crippen molar-refractivity contribution in [3.63, 3.8) is 0 Å². The van der Waals surface area contributed by atoms with E-state index < -0.39 is 0 Å². The molecule has 8 heteroatoms. The minimum atomic E-state index is 0.453. The van der Waals surface area contributed by atoms with E-state index in [0.717, 1.165) is 108 Å². The van der Waals surface area contributed by atoms with Crippen molar-refractivity contribution in [2.75, 3.05) is 81.9 Å². The van der Waals surface area contributed by atoms with Crippen LogP contribution in [0.2, 0.25) is 0 Å². The van der Waals surface area contributed by atoms with Gasteiger partial charge in [-0.2, -0.15) is 9.97 Å². The number of nitrogens with zero attached hydrogens (tertiary/aromatic N) is 5. The van der Waals surface area contributed by atoms with Crippen molar-refractivity contribution in [2.24, 2.45) is 0 Å². The number of aromatic nitrogens is 2. The van der Waals surface area contributed by atoms with Crippen molar-refractivity contribution in [3.05, 3.63) is 65.7 Å². The van der Waals surface area contributed by atoms with Crippen LogP contribution in [0.3, 0.4) is 0 Å². The quantitative estimate of drug-likeness (QED) is 0.467. The summed E-state index contributed by atoms with van der Waals surface area (Å²) in [5.74, 6) is 1.03. The Balaban J connectivity index is 1.23. The van der Waals surface area contributed by atoms with Gasteiger partial charge in [-0.05, 0) is 30.5 Å². The molecule has 0 amide bonds. The van der Waals surface area contributed by atoms with Gasteiger partial charge in [0.15, 0.2) is 0 Å². The summed E-state index contributed by atoms with van der Waals surface area (Å²) in [6.45, 7) is 11.4. The van der Waals surface area contributed by atoms with Crippen LogP contribution < -0.4 is 19.9 Å². The van der Waals surface area contributed by atoms with E-state index in [1.54, 1.807) is 0 Å². The summed E-state index contributed by atoms with van der Waals surface area (Å²) in [6, 6.07) is 19.6. The van der Waals surface area contributed by atoms with Gasteiger partial charge < -0.3 is 24.6 Å². The Labute approximate surface area is 225 Å². The van der Waals surface area contributed by atoms with Crippen LogP contribution in [-0.4, -0.2) is 87.0 Å². The molecule has 3 aliphatic rings. The molecule has 0 aliphatic carbocycles. The Hall–Kier alpha value is -3.20. The lowest BCUT2D eigenvalue weighted by atomic mass is 10.0. The molecule has 2 aromatic carbocycles. The minimum Gasteiger partial charge on any atom is -0.459 e. The second kappa shape index (κ2) is 12.1. The first-order chi connectivity index (χ1) is 18.8. The number of rotatable bonds is 9. The molecule has 3 aliphatic heterocycles. The van der Waals surface area contributed by atoms with Crippen molar-refractivity contribution in [2.45, 2.75) is 19.4 Å². The van der Waals surface area contributed by atoms with E-state index >= 15 is 0 Å². The second-order valence-corrected chi connectivity index (χ2v) is 10.3. The van der Waals surface area contributed by atoms with Gasteiger partial charge in [0.25, 0.3) is 0 Å². The first-order valence-corrected chi connectivity index (χ1v) is 14.0. The fourth-order valence-electron chi connectivity index (χ4n) is 5.60. The Morgan fingerprint density at radius 3 is 2.42 bits per heavy atom. The summed E-state index contributed by atoms with van der Waals surface area (Å²) in [5, 5.41) is 3.43. The van der Waals surface area contributed by atoms with Crippen LogP contribution in [-0.2, 0) is 17.8 Å². The molecule has 0 atom stereocenters. The molecule has 38 heavy (non-hydrogen) atoms. The van der Waals surface area contributed by atoms with Gasteiger partial charge in [-0.15, -0.1) is 0 Å². The maximum absolute atomic E-state index is 6.16. The molecule has 3 aromatic rings. The predicted octanol–water partition coefficient (Wildman–Crippen LogP) is 3.22. The third kappa shape index (κ3) is 5.93. The molecular formula is C30H38N6O2. The first-order valence-electron chi connectivity index (χ1n) is 14.0. The smallest absolute Gasteiger partial charge is 0.319 e. The van der Waals surface area contributed by atoms with Crippen LogP contribution in [0.5, 0.6) is 6.01 Å². The number of piperazine rings is 1. The molecule has 4 heterocycles. The summed E-state index contributed by atoms with van der Waals surface area (Å²) in [7, 11) is 0. The maximum atomic E-state index is 6.16. The van der Waals surface area contributed by atoms with Crippen LogP contribution >= 0.6 is 0 Å². The number of nitrogens with one attached hydrogen (secondary N) is 1. The summed E-state index contributed by atoms with van der Waals surface area (Å²) >= 11 is 0. The Kier molecular flexibility index (Phi) is 8.00. The molecule has 0 bridgehead atoms. The zero-order valence-electron chi connectivity index (χ0n) is 22.1. The van der Waals surface area contributed by atoms with E-state index in [1.165, 1.54) is 11.3 Å². The highest BCUT2D eigenvalue weighted by Crippen LogP contribution is 2.36. The van der Waals surface area contributed by atoms with E-state index in [2.05, 4.69) is 56.4 Å². The van der Waals surface area contributed by atoms with Crippen molar-refractivity contribution in [1.29, 1.82) is 0 Å². The molecule has 0 spiro atoms. The largest absolute Gasteiger partial charge is 0.459 e. The monoisotopic (exact) mass is 514 g/mol. The van der Waals surface area contributed by atoms with Gasteiger partial charge in [0.05, 0.1) is 18.9 Å². The van der Waals surface area contributed by atoms with Crippen LogP contribution in [0, 0.1) is 0 Å². The number of hydrogen-bond donors (Lipinski definition) is 1. The molecular weight excluding hydrogens is 476 g/mol. The van der Waals surface area contributed by atoms with Gasteiger partial charge in [-0.3, -0.25) is 4.90 Å². The van der Waals surface area contributed by atoms with Gasteiger partial charge in [0.1, 0.15) is 12.4 Å². The van der Waals surface area contributed by atoms with Crippen LogP contribution in [0.1, 0.15) is 17.5 Å². The SMILES string of the molecule is c1ccc(COc2nc(-c3ccc(N4CCNCC4)cc3)c3c(n2)N(CCCN2CCOCC2)CC3)cc1. The van der Waals surface area contributed by atoms with E-state index in [0.29, 0.717) is 12.6 Å². The molecule has 1 aromatic heterocycles. The number of benzene rings is 2. The minimum absolute atomic E-state index is 0.453. The average Bonchev–Trinajstić information content (AvgIpc) is 3.40. The summed E-state index contributed by atoms with van der Waals surface area (Å²) < 4.78 is 11.7. The van der Waals surface area contributed by atoms with E-state index in [-0.39, 0.29) is 0 Å². The molecule has 0 saturated carbocycles. The van der Waals surface area contributed by atoms with E-state index in [4.69, 9.17) is 19.4 Å². The number of fused-ring (bicyclic) bond motifs is 1. The zero-order chi connectivity index (χ0) is 25.6. The van der Waals surface area contributed by atoms with Crippen molar-refractivity contribution >= 4 is 11.5 Å². The van der Waals surface area contributed by atoms with Crippen molar-refractivity contribution in [3.8, 4) is 17.3 Å². The fraction of sp³-hybridized carbons (Fsp3) is 0.467. The zero-order valence-corrected chi connectivity index (χ0v) is 22.1. The van der Waals surface area contributed by atoms with Gasteiger partial charge >= 0.3 is 6.01 Å². The lowest BCUT2D eigenvalue weighted by molar-refractivity contribution is 0.0376. The maximum Gasteiger partial charge on any atom is 0.319 e. The average molecular weight is 515 g/mol. The van der Waals surface area contributed by atoms with E-state index in [1.807, 2.05) is 18.2 Å². The normalized spacial score (nSPS) is 18.0. The first kappa shape index (κ1) is 25.1. The summed E-state index contributed by atoms with van der Waals surface area (Å²) in [6.07, 6.45) is 2.07. The van der Waals surface area contributed by atoms with E-state index in [9.17, 15) is 0 Å². The summed E-state index contributed by atoms with van der Waals surface area (Å²) in [5.41, 5.74) is 5.74.